The number of hydrogen-bond donors (Lipinski definition) is 0. The van der Waals surface area contributed by atoms with E-state index in [9.17, 15) is 8.42 Å². The van der Waals surface area contributed by atoms with E-state index in [0.717, 1.165) is 55.0 Å². The number of likely N-dealkylation sites (N-methyl/N-ethyl adjacent to an activating group) is 1. The van der Waals surface area contributed by atoms with E-state index >= 15 is 0 Å². The molecule has 2 aliphatic heterocycles. The lowest BCUT2D eigenvalue weighted by atomic mass is 10.3. The Balaban J connectivity index is 1.46. The van der Waals surface area contributed by atoms with Crippen molar-refractivity contribution < 1.29 is 8.42 Å². The molecule has 29 heavy (non-hydrogen) atoms. The van der Waals surface area contributed by atoms with Crippen LogP contribution >= 0.6 is 22.9 Å². The molecule has 0 saturated carbocycles. The van der Waals surface area contributed by atoms with E-state index in [1.165, 1.54) is 4.31 Å². The van der Waals surface area contributed by atoms with Crippen LogP contribution in [0, 0.1) is 6.92 Å². The first-order valence-corrected chi connectivity index (χ1v) is 12.3. The second-order valence-corrected chi connectivity index (χ2v) is 11.3. The zero-order chi connectivity index (χ0) is 20.6. The Kier molecular flexibility index (Phi) is 5.99. The number of thiophene rings is 1. The van der Waals surface area contributed by atoms with Gasteiger partial charge in [0, 0.05) is 58.4 Å². The standard InChI is InChI=1S/C18H25ClN6O2S2/c1-14-20-16(23-7-5-22(2)6-8-23)13-17(21-14)24-9-11-25(12-10-24)29(26,27)18-4-3-15(19)28-18/h3-4,13H,5-12H2,1-2H3. The molecule has 4 heterocycles. The maximum absolute atomic E-state index is 12.8. The molecule has 0 aliphatic carbocycles. The molecule has 0 N–H and O–H groups in total. The molecule has 0 bridgehead atoms. The summed E-state index contributed by atoms with van der Waals surface area (Å²) in [5.74, 6) is 2.55. The van der Waals surface area contributed by atoms with Crippen LogP contribution in [0.3, 0.4) is 0 Å². The highest BCUT2D eigenvalue weighted by Gasteiger charge is 2.30. The Bertz CT molecular complexity index is 966. The predicted molar refractivity (Wildman–Crippen MR) is 117 cm³/mol. The Morgan fingerprint density at radius 3 is 2.00 bits per heavy atom. The molecule has 2 saturated heterocycles. The van der Waals surface area contributed by atoms with Crippen molar-refractivity contribution in [1.82, 2.24) is 19.2 Å². The smallest absolute Gasteiger partial charge is 0.252 e. The van der Waals surface area contributed by atoms with Gasteiger partial charge in [0.2, 0.25) is 0 Å². The average molecular weight is 457 g/mol. The van der Waals surface area contributed by atoms with E-state index < -0.39 is 10.0 Å². The third-order valence-electron chi connectivity index (χ3n) is 5.34. The van der Waals surface area contributed by atoms with E-state index in [0.29, 0.717) is 34.7 Å². The fourth-order valence-corrected chi connectivity index (χ4v) is 6.68. The third kappa shape index (κ3) is 4.51. The number of halogens is 1. The molecule has 0 atom stereocenters. The van der Waals surface area contributed by atoms with E-state index in [1.807, 2.05) is 13.0 Å². The summed E-state index contributed by atoms with van der Waals surface area (Å²) in [5.41, 5.74) is 0. The lowest BCUT2D eigenvalue weighted by Crippen LogP contribution is -2.49. The van der Waals surface area contributed by atoms with E-state index in [1.54, 1.807) is 12.1 Å². The Labute approximate surface area is 180 Å². The van der Waals surface area contributed by atoms with Crippen LogP contribution in [0.15, 0.2) is 22.4 Å². The van der Waals surface area contributed by atoms with Crippen molar-refractivity contribution in [2.24, 2.45) is 0 Å². The molecule has 4 rings (SSSR count). The minimum absolute atomic E-state index is 0.297. The van der Waals surface area contributed by atoms with Crippen LogP contribution in [0.2, 0.25) is 4.34 Å². The summed E-state index contributed by atoms with van der Waals surface area (Å²) in [5, 5.41) is 0. The Hall–Kier alpha value is -1.46. The molecule has 0 amide bonds. The molecule has 0 radical (unpaired) electrons. The summed E-state index contributed by atoms with van der Waals surface area (Å²) in [6.07, 6.45) is 0. The molecule has 8 nitrogen and oxygen atoms in total. The predicted octanol–water partition coefficient (Wildman–Crippen LogP) is 1.76. The maximum atomic E-state index is 12.8. The second-order valence-electron chi connectivity index (χ2n) is 7.37. The van der Waals surface area contributed by atoms with Crippen molar-refractivity contribution in [3.63, 3.8) is 0 Å². The van der Waals surface area contributed by atoms with Crippen molar-refractivity contribution in [2.75, 3.05) is 69.2 Å². The lowest BCUT2D eigenvalue weighted by Gasteiger charge is -2.36. The van der Waals surface area contributed by atoms with Crippen LogP contribution < -0.4 is 9.80 Å². The summed E-state index contributed by atoms with van der Waals surface area (Å²) in [4.78, 5) is 16.0. The Morgan fingerprint density at radius 1 is 0.931 bits per heavy atom. The zero-order valence-electron chi connectivity index (χ0n) is 16.6. The molecule has 0 aromatic carbocycles. The van der Waals surface area contributed by atoms with Gasteiger partial charge in [-0.1, -0.05) is 11.6 Å². The van der Waals surface area contributed by atoms with Crippen molar-refractivity contribution in [2.45, 2.75) is 11.1 Å². The van der Waals surface area contributed by atoms with Crippen LogP contribution in [-0.2, 0) is 10.0 Å². The number of nitrogens with zero attached hydrogens (tertiary/aromatic N) is 6. The first-order chi connectivity index (χ1) is 13.8. The molecule has 2 aromatic rings. The van der Waals surface area contributed by atoms with Gasteiger partial charge in [0.1, 0.15) is 21.7 Å². The number of sulfonamides is 1. The molecule has 0 spiro atoms. The van der Waals surface area contributed by atoms with Crippen molar-refractivity contribution in [1.29, 1.82) is 0 Å². The topological polar surface area (TPSA) is 72.9 Å². The first kappa shape index (κ1) is 20.8. The van der Waals surface area contributed by atoms with Gasteiger partial charge in [-0.2, -0.15) is 4.31 Å². The highest BCUT2D eigenvalue weighted by molar-refractivity contribution is 7.91. The largest absolute Gasteiger partial charge is 0.354 e. The summed E-state index contributed by atoms with van der Waals surface area (Å²) in [6.45, 7) is 7.86. The fraction of sp³-hybridized carbons (Fsp3) is 0.556. The Morgan fingerprint density at radius 2 is 1.48 bits per heavy atom. The van der Waals surface area contributed by atoms with Gasteiger partial charge in [0.15, 0.2) is 0 Å². The number of aromatic nitrogens is 2. The SMILES string of the molecule is Cc1nc(N2CCN(C)CC2)cc(N2CCN(S(=O)(=O)c3ccc(Cl)s3)CC2)n1. The van der Waals surface area contributed by atoms with E-state index in [4.69, 9.17) is 11.6 Å². The number of piperazine rings is 2. The van der Waals surface area contributed by atoms with Crippen LogP contribution in [-0.4, -0.2) is 87.0 Å². The summed E-state index contributed by atoms with van der Waals surface area (Å²) in [6, 6.07) is 5.23. The summed E-state index contributed by atoms with van der Waals surface area (Å²) in [7, 11) is -1.36. The highest BCUT2D eigenvalue weighted by atomic mass is 35.5. The number of anilines is 2. The molecular formula is C18H25ClN6O2S2. The van der Waals surface area contributed by atoms with Gasteiger partial charge in [0.25, 0.3) is 10.0 Å². The van der Waals surface area contributed by atoms with E-state index in [2.05, 4.69) is 31.7 Å². The van der Waals surface area contributed by atoms with Crippen LogP contribution in [0.25, 0.3) is 0 Å². The van der Waals surface area contributed by atoms with Gasteiger partial charge in [-0.3, -0.25) is 0 Å². The van der Waals surface area contributed by atoms with Gasteiger partial charge in [0.05, 0.1) is 4.34 Å². The van der Waals surface area contributed by atoms with Gasteiger partial charge in [-0.15, -0.1) is 11.3 Å². The number of hydrogen-bond acceptors (Lipinski definition) is 8. The molecular weight excluding hydrogens is 432 g/mol. The zero-order valence-corrected chi connectivity index (χ0v) is 19.0. The van der Waals surface area contributed by atoms with Crippen molar-refractivity contribution in [3.05, 3.63) is 28.4 Å². The maximum Gasteiger partial charge on any atom is 0.252 e. The van der Waals surface area contributed by atoms with Gasteiger partial charge >= 0.3 is 0 Å². The summed E-state index contributed by atoms with van der Waals surface area (Å²) >= 11 is 7.01. The van der Waals surface area contributed by atoms with Crippen molar-refractivity contribution in [3.8, 4) is 0 Å². The third-order valence-corrected chi connectivity index (χ3v) is 8.94. The van der Waals surface area contributed by atoms with E-state index in [-0.39, 0.29) is 0 Å². The molecule has 2 fully saturated rings. The molecule has 158 valence electrons. The minimum atomic E-state index is -3.49. The fourth-order valence-electron chi connectivity index (χ4n) is 3.62. The lowest BCUT2D eigenvalue weighted by molar-refractivity contribution is 0.312. The van der Waals surface area contributed by atoms with Crippen LogP contribution in [0.1, 0.15) is 5.82 Å². The second kappa shape index (κ2) is 8.35. The van der Waals surface area contributed by atoms with Crippen LogP contribution in [0.5, 0.6) is 0 Å². The molecule has 2 aromatic heterocycles. The highest BCUT2D eigenvalue weighted by Crippen LogP contribution is 2.29. The molecule has 11 heteroatoms. The first-order valence-electron chi connectivity index (χ1n) is 9.62. The molecule has 2 aliphatic rings. The van der Waals surface area contributed by atoms with Gasteiger partial charge in [-0.05, 0) is 26.1 Å². The van der Waals surface area contributed by atoms with Crippen molar-refractivity contribution >= 4 is 44.6 Å². The average Bonchev–Trinajstić information content (AvgIpc) is 3.15. The van der Waals surface area contributed by atoms with Gasteiger partial charge < -0.3 is 14.7 Å². The normalized spacial score (nSPS) is 19.7. The van der Waals surface area contributed by atoms with Gasteiger partial charge in [-0.25, -0.2) is 18.4 Å². The molecule has 0 unspecified atom stereocenters. The van der Waals surface area contributed by atoms with Crippen LogP contribution in [0.4, 0.5) is 11.6 Å². The quantitative estimate of drug-likeness (QED) is 0.694. The monoisotopic (exact) mass is 456 g/mol. The number of rotatable bonds is 4. The minimum Gasteiger partial charge on any atom is -0.354 e. The summed E-state index contributed by atoms with van der Waals surface area (Å²) < 4.78 is 27.9. The number of aryl methyl sites for hydroxylation is 1.